The molecule has 1 aliphatic carbocycles. The molecule has 5 nitrogen and oxygen atoms in total. The van der Waals surface area contributed by atoms with E-state index in [2.05, 4.69) is 5.32 Å². The first-order valence-corrected chi connectivity index (χ1v) is 8.55. The number of aliphatic carboxylic acids is 1. The highest BCUT2D eigenvalue weighted by molar-refractivity contribution is 7.83. The number of carboxylic acid groups (broad SMARTS) is 1. The molecule has 1 amide bonds. The third kappa shape index (κ3) is 3.50. The molecule has 0 aliphatic heterocycles. The molecule has 3 unspecified atom stereocenters. The van der Waals surface area contributed by atoms with E-state index in [1.165, 1.54) is 0 Å². The van der Waals surface area contributed by atoms with Gasteiger partial charge in [0.1, 0.15) is 0 Å². The zero-order chi connectivity index (χ0) is 15.6. The maximum Gasteiger partial charge on any atom is 0.307 e. The Hall–Kier alpha value is -1.69. The molecule has 1 saturated carbocycles. The zero-order valence-corrected chi connectivity index (χ0v) is 12.9. The SMILES string of the molecule is Cc1c(CS(C)=O)cccc1NC(=O)C1CCC1C(=O)O. The van der Waals surface area contributed by atoms with Crippen LogP contribution in [0.3, 0.4) is 0 Å². The standard InChI is InChI=1S/C15H19NO4S/c1-9-10(8-21(2)20)4-3-5-13(9)16-14(17)11-6-7-12(11)15(18)19/h3-5,11-12H,6-8H2,1-2H3,(H,16,17)(H,18,19). The number of nitrogens with one attached hydrogen (secondary N) is 1. The van der Waals surface area contributed by atoms with Crippen molar-refractivity contribution in [3.8, 4) is 0 Å². The molecule has 3 atom stereocenters. The van der Waals surface area contributed by atoms with Crippen LogP contribution in [0.5, 0.6) is 0 Å². The van der Waals surface area contributed by atoms with Gasteiger partial charge in [-0.05, 0) is 37.0 Å². The number of anilines is 1. The highest BCUT2D eigenvalue weighted by Crippen LogP contribution is 2.35. The van der Waals surface area contributed by atoms with Gasteiger partial charge in [0.05, 0.1) is 11.8 Å². The van der Waals surface area contributed by atoms with E-state index in [1.54, 1.807) is 18.4 Å². The second-order valence-electron chi connectivity index (χ2n) is 5.43. The summed E-state index contributed by atoms with van der Waals surface area (Å²) in [5.74, 6) is -1.74. The summed E-state index contributed by atoms with van der Waals surface area (Å²) in [5.41, 5.74) is 2.48. The minimum atomic E-state index is -0.949. The topological polar surface area (TPSA) is 83.5 Å². The lowest BCUT2D eigenvalue weighted by atomic mass is 9.73. The molecule has 0 saturated heterocycles. The first kappa shape index (κ1) is 15.7. The van der Waals surface area contributed by atoms with Crippen molar-refractivity contribution in [2.45, 2.75) is 25.5 Å². The van der Waals surface area contributed by atoms with Crippen molar-refractivity contribution in [1.29, 1.82) is 0 Å². The molecule has 0 spiro atoms. The van der Waals surface area contributed by atoms with Gasteiger partial charge in [0.2, 0.25) is 5.91 Å². The summed E-state index contributed by atoms with van der Waals surface area (Å²) in [6.45, 7) is 1.87. The van der Waals surface area contributed by atoms with Crippen LogP contribution in [0.1, 0.15) is 24.0 Å². The largest absolute Gasteiger partial charge is 0.481 e. The van der Waals surface area contributed by atoms with E-state index < -0.39 is 28.6 Å². The third-order valence-electron chi connectivity index (χ3n) is 3.99. The first-order chi connectivity index (χ1) is 9.90. The molecule has 1 fully saturated rings. The Morgan fingerprint density at radius 1 is 1.33 bits per heavy atom. The van der Waals surface area contributed by atoms with E-state index in [4.69, 9.17) is 5.11 Å². The summed E-state index contributed by atoms with van der Waals surface area (Å²) in [6.07, 6.45) is 2.80. The number of carboxylic acids is 1. The van der Waals surface area contributed by atoms with Crippen molar-refractivity contribution in [2.24, 2.45) is 11.8 Å². The molecule has 21 heavy (non-hydrogen) atoms. The second-order valence-corrected chi connectivity index (χ2v) is 6.86. The summed E-state index contributed by atoms with van der Waals surface area (Å²) >= 11 is 0. The van der Waals surface area contributed by atoms with Crippen LogP contribution in [0.2, 0.25) is 0 Å². The average Bonchev–Trinajstić information content (AvgIpc) is 2.31. The van der Waals surface area contributed by atoms with Gasteiger partial charge < -0.3 is 10.4 Å². The Labute approximate surface area is 126 Å². The van der Waals surface area contributed by atoms with Gasteiger partial charge in [-0.2, -0.15) is 0 Å². The van der Waals surface area contributed by atoms with E-state index in [0.717, 1.165) is 11.1 Å². The Balaban J connectivity index is 2.11. The summed E-state index contributed by atoms with van der Waals surface area (Å²) < 4.78 is 11.3. The quantitative estimate of drug-likeness (QED) is 0.870. The van der Waals surface area contributed by atoms with Gasteiger partial charge >= 0.3 is 5.97 Å². The van der Waals surface area contributed by atoms with Gasteiger partial charge in [0.25, 0.3) is 0 Å². The van der Waals surface area contributed by atoms with E-state index in [0.29, 0.717) is 24.3 Å². The molecule has 0 radical (unpaired) electrons. The number of carbonyl (C=O) groups excluding carboxylic acids is 1. The number of rotatable bonds is 5. The van der Waals surface area contributed by atoms with Crippen LogP contribution in [-0.2, 0) is 26.1 Å². The Morgan fingerprint density at radius 3 is 2.52 bits per heavy atom. The monoisotopic (exact) mass is 309 g/mol. The molecule has 1 aromatic rings. The average molecular weight is 309 g/mol. The maximum atomic E-state index is 12.2. The maximum absolute atomic E-state index is 12.2. The van der Waals surface area contributed by atoms with Crippen molar-refractivity contribution >= 4 is 28.4 Å². The van der Waals surface area contributed by atoms with Crippen LogP contribution in [-0.4, -0.2) is 27.4 Å². The molecule has 1 aromatic carbocycles. The predicted molar refractivity (Wildman–Crippen MR) is 81.4 cm³/mol. The van der Waals surface area contributed by atoms with Crippen LogP contribution in [0.15, 0.2) is 18.2 Å². The molecule has 6 heteroatoms. The second kappa shape index (κ2) is 6.39. The summed E-state index contributed by atoms with van der Waals surface area (Å²) in [7, 11) is -0.949. The number of hydrogen-bond acceptors (Lipinski definition) is 3. The highest BCUT2D eigenvalue weighted by atomic mass is 32.2. The van der Waals surface area contributed by atoms with Gasteiger partial charge in [0.15, 0.2) is 0 Å². The van der Waals surface area contributed by atoms with Crippen molar-refractivity contribution in [3.05, 3.63) is 29.3 Å². The van der Waals surface area contributed by atoms with E-state index >= 15 is 0 Å². The van der Waals surface area contributed by atoms with Crippen LogP contribution in [0, 0.1) is 18.8 Å². The zero-order valence-electron chi connectivity index (χ0n) is 12.1. The normalized spacial score (nSPS) is 22.2. The van der Waals surface area contributed by atoms with Gasteiger partial charge in [-0.3, -0.25) is 13.8 Å². The Bertz CT molecular complexity index is 599. The summed E-state index contributed by atoms with van der Waals surface area (Å²) in [6, 6.07) is 5.47. The number of hydrogen-bond donors (Lipinski definition) is 2. The molecule has 2 N–H and O–H groups in total. The van der Waals surface area contributed by atoms with E-state index in [1.807, 2.05) is 13.0 Å². The fraction of sp³-hybridized carbons (Fsp3) is 0.467. The van der Waals surface area contributed by atoms with Crippen molar-refractivity contribution in [1.82, 2.24) is 0 Å². The van der Waals surface area contributed by atoms with Gasteiger partial charge in [0, 0.05) is 28.5 Å². The molecule has 2 rings (SSSR count). The number of benzene rings is 1. The molecule has 0 aromatic heterocycles. The minimum Gasteiger partial charge on any atom is -0.481 e. The van der Waals surface area contributed by atoms with Crippen LogP contribution in [0.25, 0.3) is 0 Å². The summed E-state index contributed by atoms with van der Waals surface area (Å²) in [4.78, 5) is 23.1. The lowest BCUT2D eigenvalue weighted by molar-refractivity contribution is -0.151. The minimum absolute atomic E-state index is 0.244. The number of carbonyl (C=O) groups is 2. The molecule has 0 heterocycles. The fourth-order valence-electron chi connectivity index (χ4n) is 2.53. The first-order valence-electron chi connectivity index (χ1n) is 6.82. The fourth-order valence-corrected chi connectivity index (χ4v) is 3.28. The predicted octanol–water partition coefficient (Wildman–Crippen LogP) is 1.92. The van der Waals surface area contributed by atoms with Crippen LogP contribution >= 0.6 is 0 Å². The lowest BCUT2D eigenvalue weighted by Crippen LogP contribution is -2.41. The Morgan fingerprint density at radius 2 is 2.00 bits per heavy atom. The molecule has 0 bridgehead atoms. The number of amides is 1. The van der Waals surface area contributed by atoms with Crippen molar-refractivity contribution in [3.63, 3.8) is 0 Å². The smallest absolute Gasteiger partial charge is 0.307 e. The summed E-state index contributed by atoms with van der Waals surface area (Å²) in [5, 5.41) is 11.8. The highest BCUT2D eigenvalue weighted by Gasteiger charge is 2.41. The van der Waals surface area contributed by atoms with Gasteiger partial charge in [-0.1, -0.05) is 12.1 Å². The van der Waals surface area contributed by atoms with Gasteiger partial charge in [-0.15, -0.1) is 0 Å². The third-order valence-corrected chi connectivity index (χ3v) is 4.71. The molecular weight excluding hydrogens is 290 g/mol. The van der Waals surface area contributed by atoms with Crippen LogP contribution < -0.4 is 5.32 Å². The lowest BCUT2D eigenvalue weighted by Gasteiger charge is -2.32. The molecular formula is C15H19NO4S. The molecule has 114 valence electrons. The van der Waals surface area contributed by atoms with E-state index in [-0.39, 0.29) is 5.91 Å². The van der Waals surface area contributed by atoms with Crippen LogP contribution in [0.4, 0.5) is 5.69 Å². The van der Waals surface area contributed by atoms with Crippen molar-refractivity contribution in [2.75, 3.05) is 11.6 Å². The van der Waals surface area contributed by atoms with Crippen molar-refractivity contribution < 1.29 is 18.9 Å². The van der Waals surface area contributed by atoms with E-state index in [9.17, 15) is 13.8 Å². The van der Waals surface area contributed by atoms with Gasteiger partial charge in [-0.25, -0.2) is 0 Å². The molecule has 1 aliphatic rings. The Kier molecular flexibility index (Phi) is 4.77.